The number of ether oxygens (including phenoxy) is 1. The molecule has 110 valence electrons. The number of nitrogens with one attached hydrogen (secondary N) is 1. The smallest absolute Gasteiger partial charge is 0.133 e. The molecule has 0 atom stereocenters. The summed E-state index contributed by atoms with van der Waals surface area (Å²) in [6.45, 7) is 2.25. The van der Waals surface area contributed by atoms with Crippen LogP contribution in [0, 0.1) is 0 Å². The van der Waals surface area contributed by atoms with E-state index < -0.39 is 0 Å². The minimum absolute atomic E-state index is 0.844. The number of aromatic nitrogens is 1. The summed E-state index contributed by atoms with van der Waals surface area (Å²) in [6, 6.07) is 12.0. The van der Waals surface area contributed by atoms with Gasteiger partial charge < -0.3 is 15.0 Å². The number of hydrogen-bond donors (Lipinski definition) is 1. The number of hydrogen-bond acceptors (Lipinski definition) is 4. The third-order valence-electron chi connectivity index (χ3n) is 3.61. The van der Waals surface area contributed by atoms with Gasteiger partial charge in [0.1, 0.15) is 16.2 Å². The maximum atomic E-state index is 5.17. The fourth-order valence-electron chi connectivity index (χ4n) is 2.53. The largest absolute Gasteiger partial charge is 0.497 e. The van der Waals surface area contributed by atoms with Crippen LogP contribution in [0.2, 0.25) is 0 Å². The van der Waals surface area contributed by atoms with Crippen LogP contribution in [0.25, 0.3) is 0 Å². The van der Waals surface area contributed by atoms with E-state index in [1.165, 1.54) is 18.5 Å². The van der Waals surface area contributed by atoms with E-state index in [-0.39, 0.29) is 0 Å². The van der Waals surface area contributed by atoms with Crippen molar-refractivity contribution in [3.63, 3.8) is 0 Å². The average Bonchev–Trinajstić information content (AvgIpc) is 3.02. The van der Waals surface area contributed by atoms with Gasteiger partial charge in [-0.05, 0) is 59.1 Å². The van der Waals surface area contributed by atoms with Crippen LogP contribution >= 0.6 is 15.9 Å². The van der Waals surface area contributed by atoms with Gasteiger partial charge in [-0.3, -0.25) is 0 Å². The van der Waals surface area contributed by atoms with Crippen molar-refractivity contribution in [3.05, 3.63) is 41.0 Å². The van der Waals surface area contributed by atoms with Crippen molar-refractivity contribution in [2.24, 2.45) is 0 Å². The molecule has 1 aromatic carbocycles. The van der Waals surface area contributed by atoms with E-state index in [0.717, 1.165) is 34.9 Å². The number of halogens is 1. The van der Waals surface area contributed by atoms with Crippen LogP contribution in [0.1, 0.15) is 12.8 Å². The van der Waals surface area contributed by atoms with Crippen molar-refractivity contribution in [2.45, 2.75) is 12.8 Å². The highest BCUT2D eigenvalue weighted by atomic mass is 79.9. The quantitative estimate of drug-likeness (QED) is 0.841. The molecular formula is C16H18BrN3O. The third-order valence-corrected chi connectivity index (χ3v) is 4.02. The van der Waals surface area contributed by atoms with Crippen molar-refractivity contribution in [1.82, 2.24) is 4.98 Å². The first-order valence-electron chi connectivity index (χ1n) is 7.08. The van der Waals surface area contributed by atoms with Gasteiger partial charge in [-0.2, -0.15) is 0 Å². The maximum Gasteiger partial charge on any atom is 0.133 e. The van der Waals surface area contributed by atoms with Gasteiger partial charge in [0, 0.05) is 30.5 Å². The predicted molar refractivity (Wildman–Crippen MR) is 89.7 cm³/mol. The Morgan fingerprint density at radius 3 is 2.52 bits per heavy atom. The van der Waals surface area contributed by atoms with Crippen molar-refractivity contribution in [3.8, 4) is 5.75 Å². The minimum atomic E-state index is 0.844. The summed E-state index contributed by atoms with van der Waals surface area (Å²) in [5, 5.41) is 3.34. The topological polar surface area (TPSA) is 37.4 Å². The number of methoxy groups -OCH3 is 1. The van der Waals surface area contributed by atoms with Crippen molar-refractivity contribution in [2.75, 3.05) is 30.4 Å². The van der Waals surface area contributed by atoms with Gasteiger partial charge in [0.05, 0.1) is 7.11 Å². The molecule has 0 radical (unpaired) electrons. The Kier molecular flexibility index (Phi) is 4.29. The second kappa shape index (κ2) is 6.35. The Balaban J connectivity index is 1.80. The molecule has 2 aromatic rings. The van der Waals surface area contributed by atoms with E-state index in [2.05, 4.69) is 43.3 Å². The van der Waals surface area contributed by atoms with E-state index in [9.17, 15) is 0 Å². The SMILES string of the molecule is COc1ccc(Nc2cc(N3CCCC3)cc(Br)n2)cc1. The zero-order chi connectivity index (χ0) is 14.7. The molecule has 0 saturated carbocycles. The summed E-state index contributed by atoms with van der Waals surface area (Å²) in [5.41, 5.74) is 2.21. The fourth-order valence-corrected chi connectivity index (χ4v) is 2.95. The van der Waals surface area contributed by atoms with E-state index >= 15 is 0 Å². The van der Waals surface area contributed by atoms with Gasteiger partial charge >= 0.3 is 0 Å². The molecule has 0 unspecified atom stereocenters. The van der Waals surface area contributed by atoms with Crippen molar-refractivity contribution < 1.29 is 4.74 Å². The number of pyridine rings is 1. The van der Waals surface area contributed by atoms with Crippen LogP contribution in [0.15, 0.2) is 41.0 Å². The molecule has 0 spiro atoms. The molecular weight excluding hydrogens is 330 g/mol. The highest BCUT2D eigenvalue weighted by Crippen LogP contribution is 2.27. The molecule has 1 aliphatic rings. The number of rotatable bonds is 4. The Bertz CT molecular complexity index is 609. The molecule has 0 amide bonds. The molecule has 1 saturated heterocycles. The van der Waals surface area contributed by atoms with Crippen LogP contribution in [0.3, 0.4) is 0 Å². The summed E-state index contributed by atoms with van der Waals surface area (Å²) in [6.07, 6.45) is 2.53. The highest BCUT2D eigenvalue weighted by molar-refractivity contribution is 9.10. The summed E-state index contributed by atoms with van der Waals surface area (Å²) >= 11 is 3.50. The van der Waals surface area contributed by atoms with Crippen LogP contribution in [0.4, 0.5) is 17.2 Å². The molecule has 5 heteroatoms. The second-order valence-corrected chi connectivity index (χ2v) is 5.89. The van der Waals surface area contributed by atoms with Gasteiger partial charge in [-0.25, -0.2) is 4.98 Å². The first-order chi connectivity index (χ1) is 10.2. The molecule has 0 bridgehead atoms. The molecule has 1 aliphatic heterocycles. The fraction of sp³-hybridized carbons (Fsp3) is 0.312. The van der Waals surface area contributed by atoms with Gasteiger partial charge in [-0.1, -0.05) is 0 Å². The Hall–Kier alpha value is -1.75. The maximum absolute atomic E-state index is 5.17. The standard InChI is InChI=1S/C16H18BrN3O/c1-21-14-6-4-12(5-7-14)18-16-11-13(10-15(17)19-16)20-8-2-3-9-20/h4-7,10-11H,2-3,8-9H2,1H3,(H,18,19). The number of benzene rings is 1. The molecule has 1 aromatic heterocycles. The Morgan fingerprint density at radius 1 is 1.14 bits per heavy atom. The monoisotopic (exact) mass is 347 g/mol. The van der Waals surface area contributed by atoms with Crippen molar-refractivity contribution in [1.29, 1.82) is 0 Å². The number of anilines is 3. The van der Waals surface area contributed by atoms with Crippen LogP contribution in [0.5, 0.6) is 5.75 Å². The van der Waals surface area contributed by atoms with Crippen LogP contribution in [-0.2, 0) is 0 Å². The van der Waals surface area contributed by atoms with Gasteiger partial charge in [0.25, 0.3) is 0 Å². The van der Waals surface area contributed by atoms with Gasteiger partial charge in [-0.15, -0.1) is 0 Å². The molecule has 1 N–H and O–H groups in total. The zero-order valence-corrected chi connectivity index (χ0v) is 13.6. The lowest BCUT2D eigenvalue weighted by atomic mass is 10.3. The highest BCUT2D eigenvalue weighted by Gasteiger charge is 2.14. The Morgan fingerprint density at radius 2 is 1.86 bits per heavy atom. The summed E-state index contributed by atoms with van der Waals surface area (Å²) in [7, 11) is 1.67. The molecule has 2 heterocycles. The lowest BCUT2D eigenvalue weighted by molar-refractivity contribution is 0.415. The summed E-state index contributed by atoms with van der Waals surface area (Å²) < 4.78 is 6.02. The lowest BCUT2D eigenvalue weighted by Crippen LogP contribution is -2.17. The number of nitrogens with zero attached hydrogens (tertiary/aromatic N) is 2. The van der Waals surface area contributed by atoms with E-state index in [0.29, 0.717) is 0 Å². The van der Waals surface area contributed by atoms with Crippen LogP contribution < -0.4 is 15.0 Å². The molecule has 4 nitrogen and oxygen atoms in total. The van der Waals surface area contributed by atoms with E-state index in [1.54, 1.807) is 7.11 Å². The normalized spacial score (nSPS) is 14.3. The van der Waals surface area contributed by atoms with Gasteiger partial charge in [0.15, 0.2) is 0 Å². The van der Waals surface area contributed by atoms with Crippen LogP contribution in [-0.4, -0.2) is 25.2 Å². The second-order valence-electron chi connectivity index (χ2n) is 5.08. The van der Waals surface area contributed by atoms with Crippen molar-refractivity contribution >= 4 is 33.1 Å². The summed E-state index contributed by atoms with van der Waals surface area (Å²) in [4.78, 5) is 6.89. The zero-order valence-electron chi connectivity index (χ0n) is 12.0. The summed E-state index contributed by atoms with van der Waals surface area (Å²) in [5.74, 6) is 1.69. The molecule has 1 fully saturated rings. The van der Waals surface area contributed by atoms with E-state index in [1.807, 2.05) is 24.3 Å². The van der Waals surface area contributed by atoms with E-state index in [4.69, 9.17) is 4.74 Å². The first-order valence-corrected chi connectivity index (χ1v) is 7.87. The molecule has 21 heavy (non-hydrogen) atoms. The molecule has 3 rings (SSSR count). The van der Waals surface area contributed by atoms with Gasteiger partial charge in [0.2, 0.25) is 0 Å². The average molecular weight is 348 g/mol. The first kappa shape index (κ1) is 14.2. The Labute approximate surface area is 133 Å². The third kappa shape index (κ3) is 3.47. The predicted octanol–water partition coefficient (Wildman–Crippen LogP) is 4.20. The minimum Gasteiger partial charge on any atom is -0.497 e. The lowest BCUT2D eigenvalue weighted by Gasteiger charge is -2.19. The molecule has 0 aliphatic carbocycles.